The van der Waals surface area contributed by atoms with Crippen molar-refractivity contribution in [1.82, 2.24) is 0 Å². The van der Waals surface area contributed by atoms with Crippen molar-refractivity contribution >= 4 is 5.91 Å². The van der Waals surface area contributed by atoms with Crippen molar-refractivity contribution in [3.8, 4) is 0 Å². The second kappa shape index (κ2) is 11.5. The molecule has 0 aliphatic heterocycles. The first-order valence-corrected chi connectivity index (χ1v) is 3.09. The molecule has 0 fully saturated rings. The predicted octanol–water partition coefficient (Wildman–Crippen LogP) is -6.15. The Morgan fingerprint density at radius 2 is 1.67 bits per heavy atom. The van der Waals surface area contributed by atoms with Crippen LogP contribution in [0.4, 0.5) is 0 Å². The molecule has 0 bridgehead atoms. The zero-order valence-electron chi connectivity index (χ0n) is 7.01. The van der Waals surface area contributed by atoms with Crippen LogP contribution in [0.2, 0.25) is 0 Å². The number of carbonyl (C=O) groups is 1. The molecule has 0 aliphatic rings. The van der Waals surface area contributed by atoms with E-state index in [0.29, 0.717) is 12.3 Å². The van der Waals surface area contributed by atoms with E-state index in [0.717, 1.165) is 0 Å². The van der Waals surface area contributed by atoms with E-state index < -0.39 is 11.9 Å². The van der Waals surface area contributed by atoms with Gasteiger partial charge < -0.3 is 36.3 Å². The molecular formula is C6H14Cl2CoN2O. The molecule has 0 aromatic rings. The average Bonchev–Trinajstić information content (AvgIpc) is 1.63. The van der Waals surface area contributed by atoms with E-state index in [1.54, 1.807) is 0 Å². The van der Waals surface area contributed by atoms with Crippen molar-refractivity contribution in [1.29, 1.82) is 0 Å². The van der Waals surface area contributed by atoms with Gasteiger partial charge in [0.25, 0.3) is 0 Å². The molecule has 0 aromatic heterocycles. The van der Waals surface area contributed by atoms with Crippen molar-refractivity contribution < 1.29 is 46.4 Å². The molecule has 0 saturated carbocycles. The van der Waals surface area contributed by atoms with Gasteiger partial charge in [-0.25, -0.2) is 0 Å². The van der Waals surface area contributed by atoms with Gasteiger partial charge in [-0.05, 0) is 12.3 Å². The molecule has 1 radical (unpaired) electrons. The third-order valence-corrected chi connectivity index (χ3v) is 1.09. The summed E-state index contributed by atoms with van der Waals surface area (Å²) < 4.78 is 0. The maximum Gasteiger partial charge on any atom is 2.00 e. The summed E-state index contributed by atoms with van der Waals surface area (Å²) in [6.07, 6.45) is 0.676. The van der Waals surface area contributed by atoms with Gasteiger partial charge in [0.2, 0.25) is 5.91 Å². The Bertz CT molecular complexity index is 114. The average molecular weight is 260 g/mol. The molecule has 0 aromatic carbocycles. The smallest absolute Gasteiger partial charge is 1.00 e. The van der Waals surface area contributed by atoms with Crippen LogP contribution in [0.5, 0.6) is 0 Å². The molecule has 6 heteroatoms. The Morgan fingerprint density at radius 1 is 1.33 bits per heavy atom. The Hall–Kier alpha value is 0.516. The summed E-state index contributed by atoms with van der Waals surface area (Å²) in [6, 6.07) is -0.468. The summed E-state index contributed by atoms with van der Waals surface area (Å²) in [5.74, 6) is 0.0243. The number of halogens is 2. The van der Waals surface area contributed by atoms with Crippen LogP contribution in [0.3, 0.4) is 0 Å². The monoisotopic (exact) mass is 259 g/mol. The van der Waals surface area contributed by atoms with Crippen LogP contribution in [0.25, 0.3) is 0 Å². The summed E-state index contributed by atoms with van der Waals surface area (Å²) in [4.78, 5) is 10.3. The van der Waals surface area contributed by atoms with Crippen LogP contribution < -0.4 is 36.3 Å². The Labute approximate surface area is 96.0 Å². The molecule has 0 aliphatic carbocycles. The van der Waals surface area contributed by atoms with Gasteiger partial charge in [-0.2, -0.15) is 0 Å². The molecular weight excluding hydrogens is 246 g/mol. The molecule has 0 heterocycles. The molecule has 0 spiro atoms. The van der Waals surface area contributed by atoms with Crippen LogP contribution >= 0.6 is 0 Å². The number of nitrogens with two attached hydrogens (primary N) is 2. The van der Waals surface area contributed by atoms with Crippen LogP contribution in [0.1, 0.15) is 20.3 Å². The minimum absolute atomic E-state index is 0. The molecule has 3 nitrogen and oxygen atoms in total. The normalized spacial score (nSPS) is 10.3. The topological polar surface area (TPSA) is 69.1 Å². The zero-order valence-corrected chi connectivity index (χ0v) is 9.57. The maximum absolute atomic E-state index is 10.3. The molecule has 77 valence electrons. The van der Waals surface area contributed by atoms with Crippen molar-refractivity contribution in [3.63, 3.8) is 0 Å². The van der Waals surface area contributed by atoms with E-state index >= 15 is 0 Å². The molecule has 0 saturated heterocycles. The minimum atomic E-state index is -0.468. The largest absolute Gasteiger partial charge is 2.00 e. The summed E-state index contributed by atoms with van der Waals surface area (Å²) in [6.45, 7) is 4.01. The van der Waals surface area contributed by atoms with Crippen molar-refractivity contribution in [2.75, 3.05) is 0 Å². The first-order chi connectivity index (χ1) is 4.04. The summed E-state index contributed by atoms with van der Waals surface area (Å²) >= 11 is 0. The number of carbonyl (C=O) groups excluding carboxylic acids is 1. The first-order valence-electron chi connectivity index (χ1n) is 3.09. The standard InChI is InChI=1S/C6H14N2O.2ClH.Co/c1-4(2)3-5(7)6(8)9;;;/h4-5H,3,7H2,1-2H3,(H2,8,9);2*1H;/q;;;+2/p-2/t5-;;;/m0.../s1. The molecule has 0 rings (SSSR count). The number of rotatable bonds is 3. The van der Waals surface area contributed by atoms with E-state index in [2.05, 4.69) is 0 Å². The third kappa shape index (κ3) is 13.1. The summed E-state index contributed by atoms with van der Waals surface area (Å²) in [5, 5.41) is 0. The van der Waals surface area contributed by atoms with E-state index in [1.165, 1.54) is 0 Å². The zero-order chi connectivity index (χ0) is 7.44. The van der Waals surface area contributed by atoms with E-state index in [4.69, 9.17) is 11.5 Å². The Balaban J connectivity index is -0.000000107. The molecule has 4 N–H and O–H groups in total. The fourth-order valence-electron chi connectivity index (χ4n) is 0.624. The molecule has 12 heavy (non-hydrogen) atoms. The van der Waals surface area contributed by atoms with Crippen LogP contribution in [0, 0.1) is 5.92 Å². The quantitative estimate of drug-likeness (QED) is 0.530. The van der Waals surface area contributed by atoms with Gasteiger partial charge in [-0.15, -0.1) is 0 Å². The van der Waals surface area contributed by atoms with Crippen molar-refractivity contribution in [2.45, 2.75) is 26.3 Å². The fraction of sp³-hybridized carbons (Fsp3) is 0.833. The number of primary amides is 1. The van der Waals surface area contributed by atoms with Crippen LogP contribution in [-0.2, 0) is 21.6 Å². The first kappa shape index (κ1) is 22.9. The van der Waals surface area contributed by atoms with E-state index in [-0.39, 0.29) is 41.6 Å². The Kier molecular flexibility index (Phi) is 22.0. The molecule has 1 atom stereocenters. The van der Waals surface area contributed by atoms with Gasteiger partial charge >= 0.3 is 16.8 Å². The summed E-state index contributed by atoms with van der Waals surface area (Å²) in [5.41, 5.74) is 10.3. The number of hydrogen-bond donors (Lipinski definition) is 2. The minimum Gasteiger partial charge on any atom is -1.00 e. The predicted molar refractivity (Wildman–Crippen MR) is 36.6 cm³/mol. The number of hydrogen-bond acceptors (Lipinski definition) is 2. The maximum atomic E-state index is 10.3. The second-order valence-electron chi connectivity index (χ2n) is 2.64. The summed E-state index contributed by atoms with van der Waals surface area (Å²) in [7, 11) is 0. The van der Waals surface area contributed by atoms with Gasteiger partial charge in [-0.3, -0.25) is 4.79 Å². The van der Waals surface area contributed by atoms with Crippen LogP contribution in [-0.4, -0.2) is 11.9 Å². The Morgan fingerprint density at radius 3 is 1.75 bits per heavy atom. The van der Waals surface area contributed by atoms with Gasteiger partial charge in [0.15, 0.2) is 0 Å². The molecule has 1 amide bonds. The second-order valence-corrected chi connectivity index (χ2v) is 2.64. The van der Waals surface area contributed by atoms with Gasteiger partial charge in [-0.1, -0.05) is 13.8 Å². The van der Waals surface area contributed by atoms with Crippen molar-refractivity contribution in [2.24, 2.45) is 17.4 Å². The van der Waals surface area contributed by atoms with Gasteiger partial charge in [0.05, 0.1) is 6.04 Å². The molecule has 0 unspecified atom stereocenters. The SMILES string of the molecule is CC(C)C[C@H](N)C(N)=O.[Cl-].[Cl-].[Co+2]. The van der Waals surface area contributed by atoms with Crippen molar-refractivity contribution in [3.05, 3.63) is 0 Å². The third-order valence-electron chi connectivity index (χ3n) is 1.09. The van der Waals surface area contributed by atoms with Gasteiger partial charge in [0, 0.05) is 0 Å². The van der Waals surface area contributed by atoms with Gasteiger partial charge in [0.1, 0.15) is 0 Å². The fourth-order valence-corrected chi connectivity index (χ4v) is 0.624. The van der Waals surface area contributed by atoms with Crippen LogP contribution in [0.15, 0.2) is 0 Å². The van der Waals surface area contributed by atoms with E-state index in [9.17, 15) is 4.79 Å². The number of amides is 1. The van der Waals surface area contributed by atoms with E-state index in [1.807, 2.05) is 13.8 Å².